The second kappa shape index (κ2) is 7.26. The van der Waals surface area contributed by atoms with E-state index in [-0.39, 0.29) is 0 Å². The molecule has 0 radical (unpaired) electrons. The largest absolute Gasteiger partial charge is 0.299 e. The lowest BCUT2D eigenvalue weighted by atomic mass is 10.2. The number of halogens is 2. The van der Waals surface area contributed by atoms with Gasteiger partial charge in [-0.1, -0.05) is 46.6 Å². The molecule has 0 aliphatic heterocycles. The molecule has 0 saturated heterocycles. The van der Waals surface area contributed by atoms with Gasteiger partial charge in [-0.3, -0.25) is 4.90 Å². The maximum absolute atomic E-state index is 5.95. The Bertz CT molecular complexity index is 291. The summed E-state index contributed by atoms with van der Waals surface area (Å²) in [5.74, 6) is 0. The predicted octanol–water partition coefficient (Wildman–Crippen LogP) is 3.95. The van der Waals surface area contributed by atoms with Crippen LogP contribution in [0.15, 0.2) is 24.3 Å². The minimum absolute atomic E-state index is 0.823. The molecule has 0 heterocycles. The van der Waals surface area contributed by atoms with Gasteiger partial charge in [0, 0.05) is 16.9 Å². The van der Waals surface area contributed by atoms with Gasteiger partial charge < -0.3 is 0 Å². The van der Waals surface area contributed by atoms with Crippen molar-refractivity contribution in [2.24, 2.45) is 0 Å². The fourth-order valence-electron chi connectivity index (χ4n) is 1.53. The summed E-state index contributed by atoms with van der Waals surface area (Å²) in [6.07, 6.45) is 1.19. The second-order valence-electron chi connectivity index (χ2n) is 3.54. The summed E-state index contributed by atoms with van der Waals surface area (Å²) in [7, 11) is 0. The van der Waals surface area contributed by atoms with Gasteiger partial charge in [-0.05, 0) is 37.2 Å². The Hall–Kier alpha value is -0.0500. The van der Waals surface area contributed by atoms with Crippen molar-refractivity contribution in [1.29, 1.82) is 0 Å². The second-order valence-corrected chi connectivity index (χ2v) is 4.77. The lowest BCUT2D eigenvalue weighted by Gasteiger charge is -2.19. The third kappa shape index (κ3) is 5.01. The lowest BCUT2D eigenvalue weighted by molar-refractivity contribution is 0.282. The van der Waals surface area contributed by atoms with Crippen molar-refractivity contribution < 1.29 is 0 Å². The molecule has 15 heavy (non-hydrogen) atoms. The molecule has 0 atom stereocenters. The molecule has 0 fully saturated rings. The van der Waals surface area contributed by atoms with Crippen LogP contribution in [0.2, 0.25) is 5.02 Å². The first-order chi connectivity index (χ1) is 7.26. The molecule has 0 aliphatic rings. The van der Waals surface area contributed by atoms with Gasteiger partial charge in [0.2, 0.25) is 0 Å². The molecule has 1 rings (SSSR count). The Labute approximate surface area is 106 Å². The average molecular weight is 291 g/mol. The van der Waals surface area contributed by atoms with Crippen LogP contribution in [0.25, 0.3) is 0 Å². The van der Waals surface area contributed by atoms with Crippen LogP contribution in [-0.2, 0) is 6.54 Å². The molecule has 1 nitrogen and oxygen atoms in total. The van der Waals surface area contributed by atoms with Crippen LogP contribution >= 0.6 is 27.5 Å². The Morgan fingerprint density at radius 3 is 2.80 bits per heavy atom. The molecule has 0 saturated carbocycles. The highest BCUT2D eigenvalue weighted by Crippen LogP contribution is 2.12. The molecule has 0 amide bonds. The van der Waals surface area contributed by atoms with E-state index in [1.54, 1.807) is 0 Å². The fraction of sp³-hybridized carbons (Fsp3) is 0.500. The highest BCUT2D eigenvalue weighted by Gasteiger charge is 2.03. The molecule has 1 aromatic carbocycles. The summed E-state index contributed by atoms with van der Waals surface area (Å²) in [6, 6.07) is 8.09. The van der Waals surface area contributed by atoms with Crippen LogP contribution in [-0.4, -0.2) is 23.3 Å². The van der Waals surface area contributed by atoms with Gasteiger partial charge in [-0.25, -0.2) is 0 Å². The summed E-state index contributed by atoms with van der Waals surface area (Å²) < 4.78 is 0. The van der Waals surface area contributed by atoms with Gasteiger partial charge >= 0.3 is 0 Å². The van der Waals surface area contributed by atoms with Crippen LogP contribution in [0.4, 0.5) is 0 Å². The van der Waals surface area contributed by atoms with Crippen LogP contribution in [0, 0.1) is 0 Å². The zero-order valence-electron chi connectivity index (χ0n) is 9.05. The summed E-state index contributed by atoms with van der Waals surface area (Å²) in [5.41, 5.74) is 1.29. The van der Waals surface area contributed by atoms with E-state index in [1.807, 2.05) is 18.2 Å². The number of hydrogen-bond acceptors (Lipinski definition) is 1. The molecule has 1 aromatic rings. The molecule has 0 unspecified atom stereocenters. The Morgan fingerprint density at radius 1 is 1.40 bits per heavy atom. The average Bonchev–Trinajstić information content (AvgIpc) is 2.24. The van der Waals surface area contributed by atoms with Crippen molar-refractivity contribution >= 4 is 27.5 Å². The molecular formula is C12H17BrClN. The third-order valence-corrected chi connectivity index (χ3v) is 3.15. The topological polar surface area (TPSA) is 3.24 Å². The zero-order valence-corrected chi connectivity index (χ0v) is 11.4. The quantitative estimate of drug-likeness (QED) is 0.717. The van der Waals surface area contributed by atoms with E-state index in [2.05, 4.69) is 33.8 Å². The summed E-state index contributed by atoms with van der Waals surface area (Å²) in [5, 5.41) is 1.89. The van der Waals surface area contributed by atoms with E-state index in [9.17, 15) is 0 Å². The Kier molecular flexibility index (Phi) is 6.30. The minimum Gasteiger partial charge on any atom is -0.299 e. The molecule has 3 heteroatoms. The first-order valence-corrected chi connectivity index (χ1v) is 6.79. The van der Waals surface area contributed by atoms with Crippen molar-refractivity contribution in [2.45, 2.75) is 19.9 Å². The van der Waals surface area contributed by atoms with E-state index < -0.39 is 0 Å². The standard InChI is InChI=1S/C12H17BrClN/c1-2-15(8-4-7-13)10-11-5-3-6-12(14)9-11/h3,5-6,9H,2,4,7-8,10H2,1H3. The van der Waals surface area contributed by atoms with Crippen LogP contribution in [0.1, 0.15) is 18.9 Å². The van der Waals surface area contributed by atoms with Crippen LogP contribution in [0.5, 0.6) is 0 Å². The van der Waals surface area contributed by atoms with E-state index in [0.717, 1.165) is 30.0 Å². The molecule has 84 valence electrons. The van der Waals surface area contributed by atoms with E-state index in [1.165, 1.54) is 12.0 Å². The summed E-state index contributed by atoms with van der Waals surface area (Å²) in [4.78, 5) is 2.42. The molecular weight excluding hydrogens is 273 g/mol. The first-order valence-electron chi connectivity index (χ1n) is 5.29. The van der Waals surface area contributed by atoms with Gasteiger partial charge in [0.25, 0.3) is 0 Å². The van der Waals surface area contributed by atoms with E-state index in [4.69, 9.17) is 11.6 Å². The summed E-state index contributed by atoms with van der Waals surface area (Å²) >= 11 is 9.41. The zero-order chi connectivity index (χ0) is 11.1. The van der Waals surface area contributed by atoms with E-state index >= 15 is 0 Å². The molecule has 0 aliphatic carbocycles. The van der Waals surface area contributed by atoms with Crippen molar-refractivity contribution in [1.82, 2.24) is 4.90 Å². The van der Waals surface area contributed by atoms with Gasteiger partial charge in [0.05, 0.1) is 0 Å². The van der Waals surface area contributed by atoms with Crippen molar-refractivity contribution in [3.63, 3.8) is 0 Å². The van der Waals surface area contributed by atoms with Crippen molar-refractivity contribution in [2.75, 3.05) is 18.4 Å². The maximum atomic E-state index is 5.95. The SMILES string of the molecule is CCN(CCCBr)Cc1cccc(Cl)c1. The van der Waals surface area contributed by atoms with E-state index in [0.29, 0.717) is 0 Å². The summed E-state index contributed by atoms with van der Waals surface area (Å²) in [6.45, 7) is 5.40. The predicted molar refractivity (Wildman–Crippen MR) is 70.8 cm³/mol. The fourth-order valence-corrected chi connectivity index (χ4v) is 1.99. The normalized spacial score (nSPS) is 10.9. The van der Waals surface area contributed by atoms with Gasteiger partial charge in [0.15, 0.2) is 0 Å². The molecule has 0 aromatic heterocycles. The van der Waals surface area contributed by atoms with Gasteiger partial charge in [-0.2, -0.15) is 0 Å². The van der Waals surface area contributed by atoms with Crippen molar-refractivity contribution in [3.05, 3.63) is 34.9 Å². The molecule has 0 spiro atoms. The first kappa shape index (κ1) is 13.0. The highest BCUT2D eigenvalue weighted by atomic mass is 79.9. The monoisotopic (exact) mass is 289 g/mol. The number of hydrogen-bond donors (Lipinski definition) is 0. The Morgan fingerprint density at radius 2 is 2.20 bits per heavy atom. The number of rotatable bonds is 6. The third-order valence-electron chi connectivity index (χ3n) is 2.35. The minimum atomic E-state index is 0.823. The smallest absolute Gasteiger partial charge is 0.0409 e. The lowest BCUT2D eigenvalue weighted by Crippen LogP contribution is -2.24. The van der Waals surface area contributed by atoms with Gasteiger partial charge in [0.1, 0.15) is 0 Å². The molecule has 0 N–H and O–H groups in total. The van der Waals surface area contributed by atoms with Crippen LogP contribution in [0.3, 0.4) is 0 Å². The number of alkyl halides is 1. The molecule has 0 bridgehead atoms. The van der Waals surface area contributed by atoms with Gasteiger partial charge in [-0.15, -0.1) is 0 Å². The van der Waals surface area contributed by atoms with Crippen LogP contribution < -0.4 is 0 Å². The maximum Gasteiger partial charge on any atom is 0.0409 e. The Balaban J connectivity index is 2.50. The number of nitrogens with zero attached hydrogens (tertiary/aromatic N) is 1. The van der Waals surface area contributed by atoms with Crippen molar-refractivity contribution in [3.8, 4) is 0 Å². The highest BCUT2D eigenvalue weighted by molar-refractivity contribution is 9.09. The number of benzene rings is 1.